The molecule has 0 heteroatoms. The molecule has 84 valence electrons. The first kappa shape index (κ1) is 14.2. The maximum atomic E-state index is 5.42. The Morgan fingerprint density at radius 2 is 1.47 bits per heavy atom. The monoisotopic (exact) mass is 204 g/mol. The molecule has 0 fully saturated rings. The van der Waals surface area contributed by atoms with E-state index in [0.717, 1.165) is 19.3 Å². The van der Waals surface area contributed by atoms with Crippen LogP contribution in [-0.4, -0.2) is 0 Å². The van der Waals surface area contributed by atoms with E-state index in [1.54, 1.807) is 0 Å². The second-order valence-corrected chi connectivity index (χ2v) is 3.69. The van der Waals surface area contributed by atoms with Gasteiger partial charge in [0.2, 0.25) is 0 Å². The minimum absolute atomic E-state index is 0.837. The third kappa shape index (κ3) is 13.2. The lowest BCUT2D eigenvalue weighted by molar-refractivity contribution is 0.651. The Bertz CT molecular complexity index is 174. The minimum atomic E-state index is 0.837. The summed E-state index contributed by atoms with van der Waals surface area (Å²) in [5.41, 5.74) is 0. The van der Waals surface area contributed by atoms with Crippen molar-refractivity contribution in [2.45, 2.75) is 51.4 Å². The van der Waals surface area contributed by atoms with E-state index in [1.165, 1.54) is 32.1 Å². The van der Waals surface area contributed by atoms with Crippen LogP contribution in [0.15, 0.2) is 37.0 Å². The van der Waals surface area contributed by atoms with Crippen molar-refractivity contribution in [1.82, 2.24) is 0 Å². The summed E-state index contributed by atoms with van der Waals surface area (Å²) < 4.78 is 0. The first-order valence-electron chi connectivity index (χ1n) is 6.02. The molecule has 0 aliphatic rings. The third-order valence-corrected chi connectivity index (χ3v) is 2.23. The van der Waals surface area contributed by atoms with E-state index < -0.39 is 0 Å². The van der Waals surface area contributed by atoms with E-state index in [-0.39, 0.29) is 0 Å². The van der Waals surface area contributed by atoms with Gasteiger partial charge in [0.1, 0.15) is 0 Å². The van der Waals surface area contributed by atoms with E-state index >= 15 is 0 Å². The Morgan fingerprint density at radius 3 is 2.20 bits per heavy atom. The highest BCUT2D eigenvalue weighted by Gasteiger charge is 1.85. The highest BCUT2D eigenvalue weighted by Crippen LogP contribution is 2.05. The summed E-state index contributed by atoms with van der Waals surface area (Å²) in [5, 5.41) is 0. The summed E-state index contributed by atoms with van der Waals surface area (Å²) in [7, 11) is 0. The number of hydrogen-bond donors (Lipinski definition) is 0. The molecular formula is C15H24. The standard InChI is InChI=1S/C15H24/c1-3-5-7-9-11-13-15-14-12-10-8-6-4-2/h1,4,8,10,14-15H,2-3,5-7,9,11-13H2. The zero-order chi connectivity index (χ0) is 11.2. The molecular weight excluding hydrogens is 180 g/mol. The maximum absolute atomic E-state index is 5.42. The Morgan fingerprint density at radius 1 is 0.800 bits per heavy atom. The van der Waals surface area contributed by atoms with Crippen LogP contribution in [0.2, 0.25) is 0 Å². The predicted molar refractivity (Wildman–Crippen MR) is 69.7 cm³/mol. The van der Waals surface area contributed by atoms with Gasteiger partial charge in [-0.25, -0.2) is 0 Å². The molecule has 0 aliphatic carbocycles. The molecule has 0 saturated heterocycles. The van der Waals surface area contributed by atoms with Crippen molar-refractivity contribution in [1.29, 1.82) is 0 Å². The van der Waals surface area contributed by atoms with Gasteiger partial charge in [0.05, 0.1) is 0 Å². The third-order valence-electron chi connectivity index (χ3n) is 2.23. The van der Waals surface area contributed by atoms with Gasteiger partial charge in [-0.3, -0.25) is 0 Å². The molecule has 0 atom stereocenters. The summed E-state index contributed by atoms with van der Waals surface area (Å²) in [6.07, 6.45) is 19.9. The van der Waals surface area contributed by atoms with Crippen LogP contribution in [0.1, 0.15) is 51.4 Å². The van der Waals surface area contributed by atoms with Crippen molar-refractivity contribution in [3.05, 3.63) is 43.9 Å². The number of allylic oxidation sites excluding steroid dienone is 5. The van der Waals surface area contributed by atoms with Crippen LogP contribution in [0.4, 0.5) is 0 Å². The second kappa shape index (κ2) is 13.2. The summed E-state index contributed by atoms with van der Waals surface area (Å²) >= 11 is 0. The predicted octanol–water partition coefficient (Wildman–Crippen LogP) is 5.12. The Balaban J connectivity index is 3.13. The molecule has 0 heterocycles. The van der Waals surface area contributed by atoms with Crippen molar-refractivity contribution in [2.24, 2.45) is 0 Å². The summed E-state index contributed by atoms with van der Waals surface area (Å²) in [6, 6.07) is 0. The van der Waals surface area contributed by atoms with Gasteiger partial charge < -0.3 is 0 Å². The second-order valence-electron chi connectivity index (χ2n) is 3.69. The van der Waals surface area contributed by atoms with Gasteiger partial charge in [0.25, 0.3) is 0 Å². The zero-order valence-corrected chi connectivity index (χ0v) is 9.83. The van der Waals surface area contributed by atoms with Crippen molar-refractivity contribution in [2.75, 3.05) is 0 Å². The molecule has 0 saturated carbocycles. The van der Waals surface area contributed by atoms with Crippen molar-refractivity contribution < 1.29 is 0 Å². The molecule has 0 aliphatic heterocycles. The molecule has 0 unspecified atom stereocenters. The van der Waals surface area contributed by atoms with E-state index in [4.69, 9.17) is 6.92 Å². The SMILES string of the molecule is [CH]CCCCCCC=CCC=CCC=C. The number of hydrogen-bond acceptors (Lipinski definition) is 0. The molecule has 0 spiro atoms. The van der Waals surface area contributed by atoms with Crippen molar-refractivity contribution >= 4 is 0 Å². The zero-order valence-electron chi connectivity index (χ0n) is 9.83. The fourth-order valence-corrected chi connectivity index (χ4v) is 1.34. The first-order chi connectivity index (χ1) is 7.41. The highest BCUT2D eigenvalue weighted by atomic mass is 13.9. The molecule has 0 aromatic carbocycles. The number of unbranched alkanes of at least 4 members (excludes halogenated alkanes) is 5. The van der Waals surface area contributed by atoms with E-state index in [2.05, 4.69) is 30.9 Å². The molecule has 0 rings (SSSR count). The Labute approximate surface area is 95.8 Å². The number of rotatable bonds is 10. The lowest BCUT2D eigenvalue weighted by Crippen LogP contribution is -1.75. The van der Waals surface area contributed by atoms with Crippen LogP contribution in [0, 0.1) is 6.92 Å². The molecule has 0 N–H and O–H groups in total. The van der Waals surface area contributed by atoms with Crippen molar-refractivity contribution in [3.63, 3.8) is 0 Å². The summed E-state index contributed by atoms with van der Waals surface area (Å²) in [4.78, 5) is 0. The topological polar surface area (TPSA) is 0 Å². The molecule has 15 heavy (non-hydrogen) atoms. The maximum Gasteiger partial charge on any atom is -0.0169 e. The van der Waals surface area contributed by atoms with E-state index in [9.17, 15) is 0 Å². The fraction of sp³-hybridized carbons (Fsp3) is 0.533. The fourth-order valence-electron chi connectivity index (χ4n) is 1.34. The van der Waals surface area contributed by atoms with E-state index in [0.29, 0.717) is 0 Å². The molecule has 0 bridgehead atoms. The normalized spacial score (nSPS) is 11.5. The van der Waals surface area contributed by atoms with Crippen LogP contribution in [0.25, 0.3) is 0 Å². The minimum Gasteiger partial charge on any atom is -0.103 e. The van der Waals surface area contributed by atoms with Gasteiger partial charge in [-0.1, -0.05) is 49.6 Å². The van der Waals surface area contributed by atoms with Gasteiger partial charge in [-0.2, -0.15) is 0 Å². The lowest BCUT2D eigenvalue weighted by Gasteiger charge is -1.95. The van der Waals surface area contributed by atoms with Crippen LogP contribution < -0.4 is 0 Å². The van der Waals surface area contributed by atoms with Crippen molar-refractivity contribution in [3.8, 4) is 0 Å². The average Bonchev–Trinajstić information content (AvgIpc) is 2.26. The molecule has 0 aromatic rings. The highest BCUT2D eigenvalue weighted by molar-refractivity contribution is 4.95. The van der Waals surface area contributed by atoms with Gasteiger partial charge in [-0.05, 0) is 39.0 Å². The van der Waals surface area contributed by atoms with Crippen LogP contribution in [-0.2, 0) is 0 Å². The first-order valence-corrected chi connectivity index (χ1v) is 6.02. The summed E-state index contributed by atoms with van der Waals surface area (Å²) in [5.74, 6) is 0. The van der Waals surface area contributed by atoms with Crippen LogP contribution in [0.5, 0.6) is 0 Å². The van der Waals surface area contributed by atoms with Gasteiger partial charge in [0, 0.05) is 0 Å². The average molecular weight is 204 g/mol. The quantitative estimate of drug-likeness (QED) is 0.342. The smallest absolute Gasteiger partial charge is 0.0169 e. The van der Waals surface area contributed by atoms with E-state index in [1.807, 2.05) is 6.08 Å². The van der Waals surface area contributed by atoms with Crippen LogP contribution in [0.3, 0.4) is 0 Å². The lowest BCUT2D eigenvalue weighted by atomic mass is 10.1. The largest absolute Gasteiger partial charge is 0.103 e. The Hall–Kier alpha value is -0.780. The summed E-state index contributed by atoms with van der Waals surface area (Å²) in [6.45, 7) is 9.09. The van der Waals surface area contributed by atoms with Crippen LogP contribution >= 0.6 is 0 Å². The van der Waals surface area contributed by atoms with Gasteiger partial charge in [-0.15, -0.1) is 6.58 Å². The molecule has 0 aromatic heterocycles. The Kier molecular flexibility index (Phi) is 12.5. The molecule has 0 nitrogen and oxygen atoms in total. The van der Waals surface area contributed by atoms with Gasteiger partial charge >= 0.3 is 0 Å². The van der Waals surface area contributed by atoms with Gasteiger partial charge in [0.15, 0.2) is 0 Å². The molecule has 2 radical (unpaired) electrons. The molecule has 0 amide bonds.